The molecule has 1 aromatic heterocycles. The summed E-state index contributed by atoms with van der Waals surface area (Å²) >= 11 is 0. The Morgan fingerprint density at radius 1 is 1.24 bits per heavy atom. The Bertz CT molecular complexity index is 523. The molecular weight excluding hydrogens is 260 g/mol. The average Bonchev–Trinajstić information content (AvgIpc) is 3.07. The average molecular weight is 284 g/mol. The molecular formula is C18H24N2O. The molecule has 1 saturated heterocycles. The second-order valence-corrected chi connectivity index (χ2v) is 5.88. The van der Waals surface area contributed by atoms with Gasteiger partial charge in [0.15, 0.2) is 0 Å². The van der Waals surface area contributed by atoms with Gasteiger partial charge in [-0.1, -0.05) is 30.3 Å². The molecule has 2 aromatic rings. The molecule has 0 saturated carbocycles. The van der Waals surface area contributed by atoms with Gasteiger partial charge in [0.25, 0.3) is 0 Å². The number of furan rings is 1. The van der Waals surface area contributed by atoms with Crippen molar-refractivity contribution >= 4 is 0 Å². The van der Waals surface area contributed by atoms with Crippen molar-refractivity contribution in [3.05, 3.63) is 60.1 Å². The summed E-state index contributed by atoms with van der Waals surface area (Å²) in [5.74, 6) is 1.09. The van der Waals surface area contributed by atoms with Gasteiger partial charge >= 0.3 is 0 Å². The first-order chi connectivity index (χ1) is 10.3. The summed E-state index contributed by atoms with van der Waals surface area (Å²) in [6, 6.07) is 15.8. The molecule has 112 valence electrons. The molecule has 2 atom stereocenters. The largest absolute Gasteiger partial charge is 0.469 e. The molecule has 1 N–H and O–H groups in total. The number of nitrogens with zero attached hydrogens (tertiary/aromatic N) is 1. The molecule has 1 fully saturated rings. The van der Waals surface area contributed by atoms with E-state index in [2.05, 4.69) is 53.5 Å². The van der Waals surface area contributed by atoms with E-state index in [1.54, 1.807) is 6.26 Å². The van der Waals surface area contributed by atoms with Crippen molar-refractivity contribution in [1.29, 1.82) is 0 Å². The second kappa shape index (κ2) is 6.92. The van der Waals surface area contributed by atoms with Gasteiger partial charge in [-0.05, 0) is 31.0 Å². The van der Waals surface area contributed by atoms with Crippen LogP contribution in [0.4, 0.5) is 0 Å². The summed E-state index contributed by atoms with van der Waals surface area (Å²) in [5, 5.41) is 3.63. The normalized spacial score (nSPS) is 21.3. The van der Waals surface area contributed by atoms with Gasteiger partial charge in [-0.2, -0.15) is 0 Å². The highest BCUT2D eigenvalue weighted by atomic mass is 16.3. The van der Waals surface area contributed by atoms with Crippen LogP contribution in [0.15, 0.2) is 53.1 Å². The van der Waals surface area contributed by atoms with Crippen LogP contribution < -0.4 is 5.32 Å². The van der Waals surface area contributed by atoms with E-state index in [0.29, 0.717) is 12.1 Å². The van der Waals surface area contributed by atoms with Crippen LogP contribution in [0.1, 0.15) is 30.7 Å². The zero-order chi connectivity index (χ0) is 14.5. The fourth-order valence-corrected chi connectivity index (χ4v) is 3.07. The maximum Gasteiger partial charge on any atom is 0.103 e. The monoisotopic (exact) mass is 284 g/mol. The standard InChI is InChI=1S/C18H24N2O/c1-15(9-10-17-8-5-13-21-17)20-12-11-19-18(14-20)16-6-3-2-4-7-16/h2-8,13,15,18-19H,9-12,14H2,1H3. The molecule has 1 aliphatic heterocycles. The fraction of sp³-hybridized carbons (Fsp3) is 0.444. The van der Waals surface area contributed by atoms with E-state index in [4.69, 9.17) is 4.42 Å². The highest BCUT2D eigenvalue weighted by Gasteiger charge is 2.23. The predicted octanol–water partition coefficient (Wildman–Crippen LogP) is 3.25. The molecule has 0 aliphatic carbocycles. The first-order valence-corrected chi connectivity index (χ1v) is 7.87. The Labute approximate surface area is 127 Å². The third-order valence-electron chi connectivity index (χ3n) is 4.42. The molecule has 0 amide bonds. The van der Waals surface area contributed by atoms with E-state index in [0.717, 1.165) is 38.2 Å². The number of piperazine rings is 1. The molecule has 1 aliphatic rings. The molecule has 0 bridgehead atoms. The van der Waals surface area contributed by atoms with Gasteiger partial charge in [0.05, 0.1) is 6.26 Å². The number of aryl methyl sites for hydroxylation is 1. The van der Waals surface area contributed by atoms with Crippen molar-refractivity contribution in [2.75, 3.05) is 19.6 Å². The van der Waals surface area contributed by atoms with Crippen LogP contribution >= 0.6 is 0 Å². The molecule has 1 aromatic carbocycles. The quantitative estimate of drug-likeness (QED) is 0.913. The summed E-state index contributed by atoms with van der Waals surface area (Å²) < 4.78 is 5.43. The van der Waals surface area contributed by atoms with Crippen LogP contribution in [0.5, 0.6) is 0 Å². The molecule has 3 nitrogen and oxygen atoms in total. The number of hydrogen-bond acceptors (Lipinski definition) is 3. The van der Waals surface area contributed by atoms with Gasteiger partial charge in [-0.15, -0.1) is 0 Å². The number of benzene rings is 1. The molecule has 0 spiro atoms. The third kappa shape index (κ3) is 3.74. The van der Waals surface area contributed by atoms with E-state index < -0.39 is 0 Å². The summed E-state index contributed by atoms with van der Waals surface area (Å²) in [5.41, 5.74) is 1.39. The lowest BCUT2D eigenvalue weighted by molar-refractivity contribution is 0.145. The van der Waals surface area contributed by atoms with Crippen molar-refractivity contribution in [2.24, 2.45) is 0 Å². The van der Waals surface area contributed by atoms with Crippen molar-refractivity contribution in [2.45, 2.75) is 31.8 Å². The lowest BCUT2D eigenvalue weighted by Gasteiger charge is -2.37. The fourth-order valence-electron chi connectivity index (χ4n) is 3.07. The smallest absolute Gasteiger partial charge is 0.103 e. The van der Waals surface area contributed by atoms with Gasteiger partial charge in [0.2, 0.25) is 0 Å². The van der Waals surface area contributed by atoms with E-state index in [1.807, 2.05) is 6.07 Å². The topological polar surface area (TPSA) is 28.4 Å². The third-order valence-corrected chi connectivity index (χ3v) is 4.42. The van der Waals surface area contributed by atoms with Crippen LogP contribution in [-0.4, -0.2) is 30.6 Å². The van der Waals surface area contributed by atoms with Crippen LogP contribution in [0, 0.1) is 0 Å². The van der Waals surface area contributed by atoms with Crippen LogP contribution in [0.25, 0.3) is 0 Å². The van der Waals surface area contributed by atoms with Crippen LogP contribution in [0.2, 0.25) is 0 Å². The Morgan fingerprint density at radius 2 is 2.10 bits per heavy atom. The van der Waals surface area contributed by atoms with Crippen molar-refractivity contribution in [1.82, 2.24) is 10.2 Å². The lowest BCUT2D eigenvalue weighted by atomic mass is 10.0. The summed E-state index contributed by atoms with van der Waals surface area (Å²) in [4.78, 5) is 2.59. The first kappa shape index (κ1) is 14.4. The van der Waals surface area contributed by atoms with E-state index >= 15 is 0 Å². The molecule has 3 heteroatoms. The highest BCUT2D eigenvalue weighted by Crippen LogP contribution is 2.20. The number of rotatable bonds is 5. The Balaban J connectivity index is 1.55. The van der Waals surface area contributed by atoms with Crippen molar-refractivity contribution in [3.8, 4) is 0 Å². The Morgan fingerprint density at radius 3 is 2.86 bits per heavy atom. The SMILES string of the molecule is CC(CCc1ccco1)N1CCNC(c2ccccc2)C1. The summed E-state index contributed by atoms with van der Waals surface area (Å²) in [6.07, 6.45) is 3.93. The maximum absolute atomic E-state index is 5.43. The highest BCUT2D eigenvalue weighted by molar-refractivity contribution is 5.19. The first-order valence-electron chi connectivity index (χ1n) is 7.87. The predicted molar refractivity (Wildman–Crippen MR) is 85.2 cm³/mol. The van der Waals surface area contributed by atoms with Crippen molar-refractivity contribution < 1.29 is 4.42 Å². The van der Waals surface area contributed by atoms with Crippen LogP contribution in [0.3, 0.4) is 0 Å². The molecule has 21 heavy (non-hydrogen) atoms. The van der Waals surface area contributed by atoms with Gasteiger partial charge in [0.1, 0.15) is 5.76 Å². The zero-order valence-corrected chi connectivity index (χ0v) is 12.7. The van der Waals surface area contributed by atoms with Crippen molar-refractivity contribution in [3.63, 3.8) is 0 Å². The van der Waals surface area contributed by atoms with Gasteiger partial charge in [-0.25, -0.2) is 0 Å². The minimum Gasteiger partial charge on any atom is -0.469 e. The van der Waals surface area contributed by atoms with Gasteiger partial charge in [-0.3, -0.25) is 4.90 Å². The molecule has 3 rings (SSSR count). The van der Waals surface area contributed by atoms with Gasteiger partial charge in [0, 0.05) is 38.1 Å². The van der Waals surface area contributed by atoms with E-state index in [-0.39, 0.29) is 0 Å². The number of nitrogens with one attached hydrogen (secondary N) is 1. The molecule has 2 unspecified atom stereocenters. The minimum absolute atomic E-state index is 0.450. The lowest BCUT2D eigenvalue weighted by Crippen LogP contribution is -2.49. The van der Waals surface area contributed by atoms with Crippen LogP contribution in [-0.2, 0) is 6.42 Å². The van der Waals surface area contributed by atoms with Gasteiger partial charge < -0.3 is 9.73 Å². The minimum atomic E-state index is 0.450. The Hall–Kier alpha value is -1.58. The summed E-state index contributed by atoms with van der Waals surface area (Å²) in [6.45, 7) is 5.60. The molecule has 0 radical (unpaired) electrons. The zero-order valence-electron chi connectivity index (χ0n) is 12.7. The second-order valence-electron chi connectivity index (χ2n) is 5.88. The van der Waals surface area contributed by atoms with E-state index in [1.165, 1.54) is 5.56 Å². The summed E-state index contributed by atoms with van der Waals surface area (Å²) in [7, 11) is 0. The van der Waals surface area contributed by atoms with E-state index in [9.17, 15) is 0 Å². The maximum atomic E-state index is 5.43. The Kier molecular flexibility index (Phi) is 4.73. The number of hydrogen-bond donors (Lipinski definition) is 1. The molecule has 2 heterocycles.